The van der Waals surface area contributed by atoms with E-state index >= 15 is 0 Å². The molecule has 0 heterocycles. The van der Waals surface area contributed by atoms with Crippen molar-refractivity contribution in [1.29, 1.82) is 0 Å². The fourth-order valence-electron chi connectivity index (χ4n) is 2.51. The quantitative estimate of drug-likeness (QED) is 0.275. The minimum Gasteiger partial charge on any atom is -0.453 e. The zero-order chi connectivity index (χ0) is 22.9. The smallest absolute Gasteiger partial charge is 0.271 e. The summed E-state index contributed by atoms with van der Waals surface area (Å²) in [5.74, 6) is -0.00340. The van der Waals surface area contributed by atoms with Crippen LogP contribution in [0.2, 0.25) is 20.1 Å². The summed E-state index contributed by atoms with van der Waals surface area (Å²) >= 11 is 24.5. The van der Waals surface area contributed by atoms with E-state index in [1.165, 1.54) is 12.1 Å². The van der Waals surface area contributed by atoms with Crippen molar-refractivity contribution in [2.75, 3.05) is 4.72 Å². The molecule has 0 unspecified atom stereocenters. The second-order valence-electron chi connectivity index (χ2n) is 6.21. The Balaban J connectivity index is 1.93. The molecule has 0 saturated carbocycles. The number of halogens is 4. The van der Waals surface area contributed by atoms with Gasteiger partial charge < -0.3 is 4.74 Å². The molecule has 3 aromatic carbocycles. The lowest BCUT2D eigenvalue weighted by atomic mass is 10.2. The molecule has 3 rings (SSSR count). The van der Waals surface area contributed by atoms with E-state index in [1.54, 1.807) is 25.1 Å². The number of anilines is 1. The van der Waals surface area contributed by atoms with E-state index in [0.29, 0.717) is 16.3 Å². The van der Waals surface area contributed by atoms with Gasteiger partial charge in [-0.2, -0.15) is 0 Å². The number of benzene rings is 3. The average molecular weight is 522 g/mol. The molecular formula is C19H12Cl4N2O5S. The molecule has 0 amide bonds. The third-order valence-electron chi connectivity index (χ3n) is 4.13. The zero-order valence-corrected chi connectivity index (χ0v) is 19.4. The Labute approximate surface area is 197 Å². The first kappa shape index (κ1) is 23.4. The number of ether oxygens (including phenoxy) is 1. The molecule has 0 fully saturated rings. The van der Waals surface area contributed by atoms with Gasteiger partial charge in [-0.1, -0.05) is 52.5 Å². The van der Waals surface area contributed by atoms with Crippen LogP contribution in [0, 0.1) is 17.0 Å². The Morgan fingerprint density at radius 1 is 0.935 bits per heavy atom. The molecule has 7 nitrogen and oxygen atoms in total. The SMILES string of the molecule is Cc1c(Cl)cccc1NS(=O)(=O)c1cc(Cl)c(Oc2ccc([N+](=O)[O-])cc2Cl)c(Cl)c1. The molecule has 31 heavy (non-hydrogen) atoms. The van der Waals surface area contributed by atoms with Crippen molar-refractivity contribution in [3.05, 3.63) is 84.3 Å². The van der Waals surface area contributed by atoms with E-state index in [1.807, 2.05) is 0 Å². The maximum absolute atomic E-state index is 12.8. The van der Waals surface area contributed by atoms with E-state index in [9.17, 15) is 18.5 Å². The Bertz CT molecular complexity index is 1280. The summed E-state index contributed by atoms with van der Waals surface area (Å²) in [7, 11) is -4.04. The maximum atomic E-state index is 12.8. The summed E-state index contributed by atoms with van der Waals surface area (Å²) in [5.41, 5.74) is 0.633. The standard InChI is InChI=1S/C19H12Cl4N2O5S/c1-10-13(20)3-2-4-17(10)24-31(28,29)12-8-15(22)19(16(23)9-12)30-18-6-5-11(25(26)27)7-14(18)21/h2-9,24H,1H3. The van der Waals surface area contributed by atoms with Crippen LogP contribution in [0.15, 0.2) is 53.4 Å². The molecule has 12 heteroatoms. The Kier molecular flexibility index (Phi) is 6.88. The van der Waals surface area contributed by atoms with Gasteiger partial charge in [0.25, 0.3) is 15.7 Å². The maximum Gasteiger partial charge on any atom is 0.271 e. The van der Waals surface area contributed by atoms with Gasteiger partial charge in [0.15, 0.2) is 5.75 Å². The van der Waals surface area contributed by atoms with Crippen molar-refractivity contribution in [1.82, 2.24) is 0 Å². The highest BCUT2D eigenvalue weighted by Gasteiger charge is 2.22. The minimum atomic E-state index is -4.04. The second kappa shape index (κ2) is 9.10. The van der Waals surface area contributed by atoms with Crippen LogP contribution in [0.3, 0.4) is 0 Å². The van der Waals surface area contributed by atoms with Crippen molar-refractivity contribution < 1.29 is 18.1 Å². The topological polar surface area (TPSA) is 98.5 Å². The Hall–Kier alpha value is -2.23. The third-order valence-corrected chi connectivity index (χ3v) is 6.74. The van der Waals surface area contributed by atoms with Crippen LogP contribution in [0.1, 0.15) is 5.56 Å². The van der Waals surface area contributed by atoms with Crippen LogP contribution in [-0.2, 0) is 10.0 Å². The summed E-state index contributed by atoms with van der Waals surface area (Å²) in [4.78, 5) is 10.0. The number of nitrogens with one attached hydrogen (secondary N) is 1. The first-order chi connectivity index (χ1) is 14.5. The van der Waals surface area contributed by atoms with Crippen molar-refractivity contribution in [3.8, 4) is 11.5 Å². The average Bonchev–Trinajstić information content (AvgIpc) is 2.68. The number of nitrogens with zero attached hydrogens (tertiary/aromatic N) is 1. The van der Waals surface area contributed by atoms with E-state index in [0.717, 1.165) is 18.2 Å². The van der Waals surface area contributed by atoms with Crippen molar-refractivity contribution >= 4 is 67.8 Å². The van der Waals surface area contributed by atoms with Crippen LogP contribution in [-0.4, -0.2) is 13.3 Å². The van der Waals surface area contributed by atoms with Gasteiger partial charge in [0, 0.05) is 17.2 Å². The second-order valence-corrected chi connectivity index (χ2v) is 9.52. The van der Waals surface area contributed by atoms with Crippen LogP contribution in [0.25, 0.3) is 0 Å². The van der Waals surface area contributed by atoms with Crippen LogP contribution in [0.4, 0.5) is 11.4 Å². The lowest BCUT2D eigenvalue weighted by Crippen LogP contribution is -2.14. The van der Waals surface area contributed by atoms with Gasteiger partial charge in [0.2, 0.25) is 0 Å². The molecule has 0 spiro atoms. The molecular weight excluding hydrogens is 510 g/mol. The molecule has 0 bridgehead atoms. The molecule has 3 aromatic rings. The predicted molar refractivity (Wildman–Crippen MR) is 122 cm³/mol. The predicted octanol–water partition coefficient (Wildman–Crippen LogP) is 7.11. The first-order valence-corrected chi connectivity index (χ1v) is 11.4. The zero-order valence-electron chi connectivity index (χ0n) is 15.5. The number of nitro groups is 1. The molecule has 1 N–H and O–H groups in total. The minimum absolute atomic E-state index is 0.0453. The summed E-state index contributed by atoms with van der Waals surface area (Å²) < 4.78 is 33.6. The number of non-ortho nitro benzene ring substituents is 1. The molecule has 0 aliphatic rings. The molecule has 0 saturated heterocycles. The molecule has 0 atom stereocenters. The van der Waals surface area contributed by atoms with Gasteiger partial charge in [-0.15, -0.1) is 0 Å². The van der Waals surface area contributed by atoms with Crippen LogP contribution in [0.5, 0.6) is 11.5 Å². The van der Waals surface area contributed by atoms with Crippen LogP contribution >= 0.6 is 46.4 Å². The van der Waals surface area contributed by atoms with Crippen molar-refractivity contribution in [2.24, 2.45) is 0 Å². The lowest BCUT2D eigenvalue weighted by molar-refractivity contribution is -0.384. The molecule has 0 aromatic heterocycles. The summed E-state index contributed by atoms with van der Waals surface area (Å²) in [6, 6.07) is 10.7. The van der Waals surface area contributed by atoms with E-state index in [2.05, 4.69) is 4.72 Å². The number of rotatable bonds is 6. The monoisotopic (exact) mass is 520 g/mol. The van der Waals surface area contributed by atoms with Gasteiger partial charge in [0.05, 0.1) is 30.6 Å². The van der Waals surface area contributed by atoms with E-state index in [-0.39, 0.29) is 37.1 Å². The van der Waals surface area contributed by atoms with Gasteiger partial charge >= 0.3 is 0 Å². The van der Waals surface area contributed by atoms with E-state index < -0.39 is 14.9 Å². The summed E-state index contributed by atoms with van der Waals surface area (Å²) in [5, 5.41) is 11.0. The van der Waals surface area contributed by atoms with Gasteiger partial charge in [-0.25, -0.2) is 8.42 Å². The van der Waals surface area contributed by atoms with Crippen molar-refractivity contribution in [2.45, 2.75) is 11.8 Å². The number of sulfonamides is 1. The van der Waals surface area contributed by atoms with Gasteiger partial charge in [-0.05, 0) is 42.8 Å². The van der Waals surface area contributed by atoms with E-state index in [4.69, 9.17) is 51.1 Å². The van der Waals surface area contributed by atoms with Crippen molar-refractivity contribution in [3.63, 3.8) is 0 Å². The Morgan fingerprint density at radius 2 is 1.58 bits per heavy atom. The summed E-state index contributed by atoms with van der Waals surface area (Å²) in [6.45, 7) is 1.67. The largest absolute Gasteiger partial charge is 0.453 e. The molecule has 0 aliphatic carbocycles. The number of hydrogen-bond acceptors (Lipinski definition) is 5. The highest BCUT2D eigenvalue weighted by Crippen LogP contribution is 2.41. The number of hydrogen-bond donors (Lipinski definition) is 1. The lowest BCUT2D eigenvalue weighted by Gasteiger charge is -2.14. The fraction of sp³-hybridized carbons (Fsp3) is 0.0526. The fourth-order valence-corrected chi connectivity index (χ4v) is 4.76. The number of nitro benzene ring substituents is 1. The normalized spacial score (nSPS) is 11.3. The first-order valence-electron chi connectivity index (χ1n) is 8.38. The molecule has 0 aliphatic heterocycles. The van der Waals surface area contributed by atoms with Crippen LogP contribution < -0.4 is 9.46 Å². The highest BCUT2D eigenvalue weighted by atomic mass is 35.5. The van der Waals surface area contributed by atoms with Gasteiger partial charge in [-0.3, -0.25) is 14.8 Å². The Morgan fingerprint density at radius 3 is 2.16 bits per heavy atom. The summed E-state index contributed by atoms with van der Waals surface area (Å²) in [6.07, 6.45) is 0. The van der Waals surface area contributed by atoms with Gasteiger partial charge in [0.1, 0.15) is 5.75 Å². The molecule has 162 valence electrons. The molecule has 0 radical (unpaired) electrons. The highest BCUT2D eigenvalue weighted by molar-refractivity contribution is 7.92. The third kappa shape index (κ3) is 5.16.